The lowest BCUT2D eigenvalue weighted by molar-refractivity contribution is 0.0601. The molecule has 1 aliphatic rings. The van der Waals surface area contributed by atoms with Gasteiger partial charge in [-0.05, 0) is 24.6 Å². The molecule has 2 rings (SSSR count). The number of hydrogen-bond donors (Lipinski definition) is 1. The third-order valence-corrected chi connectivity index (χ3v) is 4.98. The highest BCUT2D eigenvalue weighted by Crippen LogP contribution is 2.33. The van der Waals surface area contributed by atoms with Gasteiger partial charge in [-0.25, -0.2) is 4.79 Å². The van der Waals surface area contributed by atoms with Crippen LogP contribution >= 0.6 is 11.8 Å². The molecule has 0 radical (unpaired) electrons. The maximum atomic E-state index is 11.9. The monoisotopic (exact) mass is 294 g/mol. The number of ether oxygens (including phenoxy) is 1. The van der Waals surface area contributed by atoms with E-state index in [1.54, 1.807) is 6.07 Å². The van der Waals surface area contributed by atoms with Crippen LogP contribution in [-0.2, 0) is 4.74 Å². The standard InChI is InChI=1S/C15H22N2O2S/c1-15(2)6-7-17(8-9-20-15)13-5-4-11(16)10-12(13)14(18)19-3/h4-5,10H,6-9,16H2,1-3H3. The molecule has 0 unspecified atom stereocenters. The number of nitrogen functional groups attached to an aromatic ring is 1. The Morgan fingerprint density at radius 2 is 2.15 bits per heavy atom. The number of esters is 1. The van der Waals surface area contributed by atoms with Crippen LogP contribution in [0.25, 0.3) is 0 Å². The van der Waals surface area contributed by atoms with Gasteiger partial charge in [-0.1, -0.05) is 13.8 Å². The average Bonchev–Trinajstić information content (AvgIpc) is 2.59. The number of benzene rings is 1. The van der Waals surface area contributed by atoms with E-state index in [0.29, 0.717) is 11.3 Å². The molecule has 0 saturated carbocycles. The Labute approximate surface area is 124 Å². The molecule has 0 amide bonds. The molecule has 1 aromatic rings. The predicted octanol–water partition coefficient (Wildman–Crippen LogP) is 2.78. The molecule has 1 aliphatic heterocycles. The summed E-state index contributed by atoms with van der Waals surface area (Å²) in [6.45, 7) is 6.41. The van der Waals surface area contributed by atoms with E-state index < -0.39 is 0 Å². The Morgan fingerprint density at radius 1 is 1.40 bits per heavy atom. The fourth-order valence-electron chi connectivity index (χ4n) is 2.36. The molecule has 5 heteroatoms. The first-order valence-electron chi connectivity index (χ1n) is 6.80. The van der Waals surface area contributed by atoms with E-state index in [-0.39, 0.29) is 10.7 Å². The molecule has 0 atom stereocenters. The van der Waals surface area contributed by atoms with Crippen LogP contribution in [0, 0.1) is 0 Å². The summed E-state index contributed by atoms with van der Waals surface area (Å²) in [4.78, 5) is 14.2. The highest BCUT2D eigenvalue weighted by atomic mass is 32.2. The summed E-state index contributed by atoms with van der Waals surface area (Å²) in [6, 6.07) is 5.46. The SMILES string of the molecule is COC(=O)c1cc(N)ccc1N1CCSC(C)(C)CC1. The van der Waals surface area contributed by atoms with E-state index >= 15 is 0 Å². The molecule has 0 aromatic heterocycles. The smallest absolute Gasteiger partial charge is 0.340 e. The third kappa shape index (κ3) is 3.39. The largest absolute Gasteiger partial charge is 0.465 e. The van der Waals surface area contributed by atoms with Crippen LogP contribution in [0.2, 0.25) is 0 Å². The van der Waals surface area contributed by atoms with Gasteiger partial charge >= 0.3 is 5.97 Å². The molecule has 20 heavy (non-hydrogen) atoms. The topological polar surface area (TPSA) is 55.6 Å². The zero-order chi connectivity index (χ0) is 14.8. The summed E-state index contributed by atoms with van der Waals surface area (Å²) in [6.07, 6.45) is 1.09. The number of nitrogens with zero attached hydrogens (tertiary/aromatic N) is 1. The number of rotatable bonds is 2. The van der Waals surface area contributed by atoms with Crippen LogP contribution in [0.5, 0.6) is 0 Å². The zero-order valence-corrected chi connectivity index (χ0v) is 13.1. The van der Waals surface area contributed by atoms with E-state index in [4.69, 9.17) is 10.5 Å². The molecule has 1 saturated heterocycles. The number of nitrogens with two attached hydrogens (primary N) is 1. The van der Waals surface area contributed by atoms with Crippen molar-refractivity contribution in [2.24, 2.45) is 0 Å². The van der Waals surface area contributed by atoms with E-state index in [9.17, 15) is 4.79 Å². The Hall–Kier alpha value is -1.36. The van der Waals surface area contributed by atoms with Gasteiger partial charge in [-0.3, -0.25) is 0 Å². The van der Waals surface area contributed by atoms with E-state index in [0.717, 1.165) is 31.0 Å². The maximum Gasteiger partial charge on any atom is 0.340 e. The molecular weight excluding hydrogens is 272 g/mol. The molecule has 1 aromatic carbocycles. The Balaban J connectivity index is 2.30. The molecule has 0 spiro atoms. The average molecular weight is 294 g/mol. The lowest BCUT2D eigenvalue weighted by Crippen LogP contribution is -2.28. The lowest BCUT2D eigenvalue weighted by Gasteiger charge is -2.26. The van der Waals surface area contributed by atoms with Crippen molar-refractivity contribution < 1.29 is 9.53 Å². The molecular formula is C15H22N2O2S. The van der Waals surface area contributed by atoms with Gasteiger partial charge in [0, 0.05) is 29.3 Å². The Bertz CT molecular complexity index is 503. The van der Waals surface area contributed by atoms with E-state index in [2.05, 4.69) is 18.7 Å². The number of methoxy groups -OCH3 is 1. The van der Waals surface area contributed by atoms with E-state index in [1.165, 1.54) is 7.11 Å². The van der Waals surface area contributed by atoms with Crippen molar-refractivity contribution in [1.29, 1.82) is 0 Å². The summed E-state index contributed by atoms with van der Waals surface area (Å²) in [7, 11) is 1.40. The number of carbonyl (C=O) groups excluding carboxylic acids is 1. The van der Waals surface area contributed by atoms with Crippen molar-refractivity contribution in [3.63, 3.8) is 0 Å². The van der Waals surface area contributed by atoms with Crippen molar-refractivity contribution in [2.75, 3.05) is 36.6 Å². The minimum Gasteiger partial charge on any atom is -0.465 e. The second kappa shape index (κ2) is 5.95. The fraction of sp³-hybridized carbons (Fsp3) is 0.533. The maximum absolute atomic E-state index is 11.9. The summed E-state index contributed by atoms with van der Waals surface area (Å²) in [5.41, 5.74) is 7.85. The van der Waals surface area contributed by atoms with Crippen LogP contribution in [0.1, 0.15) is 30.6 Å². The second-order valence-electron chi connectivity index (χ2n) is 5.61. The first-order chi connectivity index (χ1) is 9.43. The summed E-state index contributed by atoms with van der Waals surface area (Å²) in [5.74, 6) is 0.723. The normalized spacial score (nSPS) is 18.4. The van der Waals surface area contributed by atoms with Gasteiger partial charge in [0.25, 0.3) is 0 Å². The number of hydrogen-bond acceptors (Lipinski definition) is 5. The highest BCUT2D eigenvalue weighted by Gasteiger charge is 2.26. The van der Waals surface area contributed by atoms with Gasteiger partial charge in [0.15, 0.2) is 0 Å². The third-order valence-electron chi connectivity index (χ3n) is 3.60. The molecule has 2 N–H and O–H groups in total. The molecule has 110 valence electrons. The second-order valence-corrected chi connectivity index (χ2v) is 7.42. The number of carbonyl (C=O) groups is 1. The molecule has 4 nitrogen and oxygen atoms in total. The van der Waals surface area contributed by atoms with Crippen LogP contribution in [-0.4, -0.2) is 36.7 Å². The van der Waals surface area contributed by atoms with Crippen LogP contribution < -0.4 is 10.6 Å². The van der Waals surface area contributed by atoms with Gasteiger partial charge in [0.05, 0.1) is 18.4 Å². The van der Waals surface area contributed by atoms with Crippen molar-refractivity contribution in [3.05, 3.63) is 23.8 Å². The molecule has 1 fully saturated rings. The zero-order valence-electron chi connectivity index (χ0n) is 12.3. The predicted molar refractivity (Wildman–Crippen MR) is 85.6 cm³/mol. The number of anilines is 2. The van der Waals surface area contributed by atoms with Gasteiger partial charge in [-0.2, -0.15) is 11.8 Å². The van der Waals surface area contributed by atoms with Crippen molar-refractivity contribution in [1.82, 2.24) is 0 Å². The van der Waals surface area contributed by atoms with Crippen molar-refractivity contribution in [3.8, 4) is 0 Å². The van der Waals surface area contributed by atoms with Gasteiger partial charge in [-0.15, -0.1) is 0 Å². The van der Waals surface area contributed by atoms with Crippen molar-refractivity contribution >= 4 is 29.1 Å². The van der Waals surface area contributed by atoms with Crippen LogP contribution in [0.15, 0.2) is 18.2 Å². The molecule has 1 heterocycles. The van der Waals surface area contributed by atoms with Gasteiger partial charge in [0.2, 0.25) is 0 Å². The van der Waals surface area contributed by atoms with Crippen molar-refractivity contribution in [2.45, 2.75) is 25.0 Å². The van der Waals surface area contributed by atoms with Gasteiger partial charge in [0.1, 0.15) is 0 Å². The Kier molecular flexibility index (Phi) is 4.48. The Morgan fingerprint density at radius 3 is 2.85 bits per heavy atom. The molecule has 0 bridgehead atoms. The summed E-state index contributed by atoms with van der Waals surface area (Å²) < 4.78 is 5.15. The number of thioether (sulfide) groups is 1. The minimum absolute atomic E-state index is 0.286. The highest BCUT2D eigenvalue weighted by molar-refractivity contribution is 8.00. The minimum atomic E-state index is -0.330. The first-order valence-corrected chi connectivity index (χ1v) is 7.78. The fourth-order valence-corrected chi connectivity index (χ4v) is 3.46. The van der Waals surface area contributed by atoms with Gasteiger partial charge < -0.3 is 15.4 Å². The quantitative estimate of drug-likeness (QED) is 0.671. The van der Waals surface area contributed by atoms with E-state index in [1.807, 2.05) is 23.9 Å². The molecule has 0 aliphatic carbocycles. The lowest BCUT2D eigenvalue weighted by atomic mass is 10.1. The van der Waals surface area contributed by atoms with Crippen LogP contribution in [0.3, 0.4) is 0 Å². The summed E-state index contributed by atoms with van der Waals surface area (Å²) in [5, 5.41) is 0. The summed E-state index contributed by atoms with van der Waals surface area (Å²) >= 11 is 1.98. The van der Waals surface area contributed by atoms with Crippen LogP contribution in [0.4, 0.5) is 11.4 Å². The first kappa shape index (κ1) is 15.0.